The van der Waals surface area contributed by atoms with E-state index in [1.54, 1.807) is 4.90 Å². The minimum absolute atomic E-state index is 0.0523. The predicted molar refractivity (Wildman–Crippen MR) is 92.5 cm³/mol. The van der Waals surface area contributed by atoms with Gasteiger partial charge < -0.3 is 19.4 Å². The van der Waals surface area contributed by atoms with Crippen molar-refractivity contribution in [2.24, 2.45) is 0 Å². The molecular formula is C18H22N4O3. The van der Waals surface area contributed by atoms with Gasteiger partial charge in [-0.1, -0.05) is 6.58 Å². The fourth-order valence-corrected chi connectivity index (χ4v) is 3.69. The van der Waals surface area contributed by atoms with Crippen molar-refractivity contribution in [3.63, 3.8) is 0 Å². The monoisotopic (exact) mass is 342 g/mol. The van der Waals surface area contributed by atoms with E-state index in [0.717, 1.165) is 43.5 Å². The van der Waals surface area contributed by atoms with E-state index in [-0.39, 0.29) is 12.0 Å². The summed E-state index contributed by atoms with van der Waals surface area (Å²) in [5, 5.41) is 0.961. The highest BCUT2D eigenvalue weighted by Crippen LogP contribution is 2.36. The first-order valence-electron chi connectivity index (χ1n) is 8.74. The topological polar surface area (TPSA) is 80.3 Å². The summed E-state index contributed by atoms with van der Waals surface area (Å²) >= 11 is 0. The number of aromatic nitrogens is 3. The Morgan fingerprint density at radius 3 is 3.00 bits per heavy atom. The summed E-state index contributed by atoms with van der Waals surface area (Å²) < 4.78 is 11.6. The second kappa shape index (κ2) is 6.84. The van der Waals surface area contributed by atoms with E-state index in [0.29, 0.717) is 24.9 Å². The van der Waals surface area contributed by atoms with Gasteiger partial charge in [-0.15, -0.1) is 0 Å². The normalized spacial score (nSPS) is 21.6. The van der Waals surface area contributed by atoms with Gasteiger partial charge in [0.2, 0.25) is 11.8 Å². The first kappa shape index (κ1) is 16.1. The highest BCUT2D eigenvalue weighted by Gasteiger charge is 2.28. The van der Waals surface area contributed by atoms with Crippen LogP contribution in [0.25, 0.3) is 11.0 Å². The number of rotatable bonds is 4. The van der Waals surface area contributed by atoms with Crippen LogP contribution >= 0.6 is 0 Å². The Kier molecular flexibility index (Phi) is 4.40. The molecule has 1 N–H and O–H groups in total. The summed E-state index contributed by atoms with van der Waals surface area (Å²) in [7, 11) is 0. The average molecular weight is 342 g/mol. The maximum absolute atomic E-state index is 11.8. The maximum atomic E-state index is 11.8. The number of amides is 1. The summed E-state index contributed by atoms with van der Waals surface area (Å²) in [6.45, 7) is 6.35. The number of ether oxygens (including phenoxy) is 2. The molecule has 0 radical (unpaired) electrons. The molecule has 25 heavy (non-hydrogen) atoms. The zero-order valence-corrected chi connectivity index (χ0v) is 14.1. The number of H-pyrrole nitrogens is 1. The molecule has 132 valence electrons. The first-order valence-corrected chi connectivity index (χ1v) is 8.74. The SMILES string of the molecule is C=CC(=O)N1CC[C@@H](Oc2ncnc3[nH]cc(C4CCOCC4)c23)C1. The van der Waals surface area contributed by atoms with Crippen LogP contribution in [0.3, 0.4) is 0 Å². The zero-order chi connectivity index (χ0) is 17.2. The van der Waals surface area contributed by atoms with E-state index in [4.69, 9.17) is 9.47 Å². The van der Waals surface area contributed by atoms with Crippen molar-refractivity contribution in [1.82, 2.24) is 19.9 Å². The van der Waals surface area contributed by atoms with Crippen molar-refractivity contribution in [1.29, 1.82) is 0 Å². The van der Waals surface area contributed by atoms with Crippen molar-refractivity contribution >= 4 is 16.9 Å². The number of carbonyl (C=O) groups is 1. The molecule has 0 saturated carbocycles. The van der Waals surface area contributed by atoms with E-state index >= 15 is 0 Å². The van der Waals surface area contributed by atoms with Crippen molar-refractivity contribution in [3.05, 3.63) is 30.7 Å². The van der Waals surface area contributed by atoms with Gasteiger partial charge in [-0.25, -0.2) is 9.97 Å². The second-order valence-electron chi connectivity index (χ2n) is 6.55. The molecule has 1 amide bonds. The van der Waals surface area contributed by atoms with Gasteiger partial charge in [0.05, 0.1) is 11.9 Å². The number of carbonyl (C=O) groups excluding carboxylic acids is 1. The Bertz CT molecular complexity index is 782. The fraction of sp³-hybridized carbons (Fsp3) is 0.500. The first-order chi connectivity index (χ1) is 12.3. The third-order valence-corrected chi connectivity index (χ3v) is 5.04. The molecule has 7 heteroatoms. The molecule has 2 aliphatic heterocycles. The van der Waals surface area contributed by atoms with Crippen LogP contribution in [0.2, 0.25) is 0 Å². The lowest BCUT2D eigenvalue weighted by Crippen LogP contribution is -2.29. The predicted octanol–water partition coefficient (Wildman–Crippen LogP) is 2.02. The lowest BCUT2D eigenvalue weighted by molar-refractivity contribution is -0.125. The molecule has 4 rings (SSSR count). The number of hydrogen-bond donors (Lipinski definition) is 1. The van der Waals surface area contributed by atoms with Crippen molar-refractivity contribution < 1.29 is 14.3 Å². The van der Waals surface area contributed by atoms with E-state index in [1.807, 2.05) is 6.20 Å². The molecule has 1 atom stereocenters. The van der Waals surface area contributed by atoms with E-state index < -0.39 is 0 Å². The average Bonchev–Trinajstić information content (AvgIpc) is 3.29. The third-order valence-electron chi connectivity index (χ3n) is 5.04. The molecule has 2 fully saturated rings. The van der Waals surface area contributed by atoms with Crippen LogP contribution in [0.5, 0.6) is 5.88 Å². The molecule has 7 nitrogen and oxygen atoms in total. The molecule has 0 aromatic carbocycles. The van der Waals surface area contributed by atoms with Gasteiger partial charge in [-0.2, -0.15) is 0 Å². The van der Waals surface area contributed by atoms with Gasteiger partial charge in [0.25, 0.3) is 0 Å². The Morgan fingerprint density at radius 2 is 2.20 bits per heavy atom. The zero-order valence-electron chi connectivity index (χ0n) is 14.1. The highest BCUT2D eigenvalue weighted by atomic mass is 16.5. The van der Waals surface area contributed by atoms with Crippen LogP contribution in [0.1, 0.15) is 30.7 Å². The third kappa shape index (κ3) is 3.11. The van der Waals surface area contributed by atoms with Crippen LogP contribution < -0.4 is 4.74 Å². The molecule has 2 aliphatic rings. The molecule has 2 aromatic rings. The quantitative estimate of drug-likeness (QED) is 0.860. The van der Waals surface area contributed by atoms with E-state index in [1.165, 1.54) is 18.0 Å². The minimum Gasteiger partial charge on any atom is -0.472 e. The fourth-order valence-electron chi connectivity index (χ4n) is 3.69. The highest BCUT2D eigenvalue weighted by molar-refractivity contribution is 5.87. The van der Waals surface area contributed by atoms with Gasteiger partial charge in [0, 0.05) is 32.4 Å². The van der Waals surface area contributed by atoms with E-state index in [9.17, 15) is 4.79 Å². The summed E-state index contributed by atoms with van der Waals surface area (Å²) in [4.78, 5) is 25.5. The number of aromatic amines is 1. The second-order valence-corrected chi connectivity index (χ2v) is 6.55. The molecule has 0 aliphatic carbocycles. The van der Waals surface area contributed by atoms with Gasteiger partial charge >= 0.3 is 0 Å². The Balaban J connectivity index is 1.58. The van der Waals surface area contributed by atoms with Gasteiger partial charge in [0.1, 0.15) is 18.1 Å². The lowest BCUT2D eigenvalue weighted by atomic mass is 9.92. The number of nitrogens with zero attached hydrogens (tertiary/aromatic N) is 3. The largest absolute Gasteiger partial charge is 0.472 e. The molecule has 0 spiro atoms. The summed E-state index contributed by atoms with van der Waals surface area (Å²) in [5.41, 5.74) is 1.99. The van der Waals surface area contributed by atoms with Gasteiger partial charge in [0.15, 0.2) is 0 Å². The number of nitrogens with one attached hydrogen (secondary N) is 1. The summed E-state index contributed by atoms with van der Waals surface area (Å²) in [6.07, 6.45) is 7.61. The van der Waals surface area contributed by atoms with E-state index in [2.05, 4.69) is 21.5 Å². The Morgan fingerprint density at radius 1 is 1.36 bits per heavy atom. The van der Waals surface area contributed by atoms with Crippen molar-refractivity contribution in [3.8, 4) is 5.88 Å². The van der Waals surface area contributed by atoms with Crippen LogP contribution in [-0.2, 0) is 9.53 Å². The van der Waals surface area contributed by atoms with Crippen LogP contribution in [0.4, 0.5) is 0 Å². The molecule has 2 saturated heterocycles. The van der Waals surface area contributed by atoms with Gasteiger partial charge in [-0.3, -0.25) is 4.79 Å². The van der Waals surface area contributed by atoms with Crippen molar-refractivity contribution in [2.45, 2.75) is 31.3 Å². The number of fused-ring (bicyclic) bond motifs is 1. The Hall–Kier alpha value is -2.41. The lowest BCUT2D eigenvalue weighted by Gasteiger charge is -2.22. The molecular weight excluding hydrogens is 320 g/mol. The number of likely N-dealkylation sites (tertiary alicyclic amines) is 1. The molecule has 0 bridgehead atoms. The molecule has 4 heterocycles. The smallest absolute Gasteiger partial charge is 0.246 e. The summed E-state index contributed by atoms with van der Waals surface area (Å²) in [5.74, 6) is 0.979. The van der Waals surface area contributed by atoms with Crippen LogP contribution in [0, 0.1) is 0 Å². The summed E-state index contributed by atoms with van der Waals surface area (Å²) in [6, 6.07) is 0. The maximum Gasteiger partial charge on any atom is 0.246 e. The minimum atomic E-state index is -0.0561. The molecule has 0 unspecified atom stereocenters. The number of hydrogen-bond acceptors (Lipinski definition) is 5. The van der Waals surface area contributed by atoms with Crippen LogP contribution in [0.15, 0.2) is 25.2 Å². The standard InChI is InChI=1S/C18H22N4O3/c1-2-15(23)22-6-3-13(10-22)25-18-16-14(12-4-7-24-8-5-12)9-19-17(16)20-11-21-18/h2,9,11-13H,1,3-8,10H2,(H,19,20,21)/t13-/m1/s1. The Labute approximate surface area is 146 Å². The van der Waals surface area contributed by atoms with Crippen LogP contribution in [-0.4, -0.2) is 58.2 Å². The molecule has 2 aromatic heterocycles. The van der Waals surface area contributed by atoms with Gasteiger partial charge in [-0.05, 0) is 30.4 Å². The van der Waals surface area contributed by atoms with Crippen molar-refractivity contribution in [2.75, 3.05) is 26.3 Å².